The van der Waals surface area contributed by atoms with E-state index in [4.69, 9.17) is 5.11 Å². The van der Waals surface area contributed by atoms with Gasteiger partial charge in [-0.3, -0.25) is 4.79 Å². The molecule has 0 aromatic heterocycles. The average molecular weight is 245 g/mol. The first-order valence-corrected chi connectivity index (χ1v) is 5.00. The maximum absolute atomic E-state index is 11.9. The Morgan fingerprint density at radius 1 is 1.35 bits per heavy atom. The largest absolute Gasteiger partial charge is 0.508 e. The molecule has 0 aliphatic heterocycles. The third kappa shape index (κ3) is 4.36. The van der Waals surface area contributed by atoms with E-state index >= 15 is 0 Å². The van der Waals surface area contributed by atoms with Crippen LogP contribution in [0.5, 0.6) is 5.75 Å². The summed E-state index contributed by atoms with van der Waals surface area (Å²) in [4.78, 5) is 11.3. The minimum Gasteiger partial charge on any atom is -0.508 e. The Kier molecular flexibility index (Phi) is 4.84. The van der Waals surface area contributed by atoms with Gasteiger partial charge >= 0.3 is 0 Å². The van der Waals surface area contributed by atoms with Gasteiger partial charge in [0.25, 0.3) is 6.43 Å². The number of halogens is 2. The lowest BCUT2D eigenvalue weighted by Crippen LogP contribution is -2.36. The molecule has 1 atom stereocenters. The van der Waals surface area contributed by atoms with Crippen LogP contribution in [0.4, 0.5) is 8.78 Å². The van der Waals surface area contributed by atoms with E-state index < -0.39 is 25.0 Å². The lowest BCUT2D eigenvalue weighted by atomic mass is 10.1. The van der Waals surface area contributed by atoms with Crippen molar-refractivity contribution < 1.29 is 23.8 Å². The second kappa shape index (κ2) is 6.15. The molecule has 0 radical (unpaired) electrons. The Morgan fingerprint density at radius 2 is 2.00 bits per heavy atom. The van der Waals surface area contributed by atoms with E-state index in [0.717, 1.165) is 0 Å². The molecule has 0 saturated carbocycles. The van der Waals surface area contributed by atoms with E-state index in [1.54, 1.807) is 18.2 Å². The standard InChI is InChI=1S/C11H13F2NO3/c12-11(13)9(16)6-14-10(17)5-7-3-1-2-4-8(7)15/h1-4,9,11,15-16H,5-6H2,(H,14,17). The monoisotopic (exact) mass is 245 g/mol. The van der Waals surface area contributed by atoms with E-state index in [-0.39, 0.29) is 12.2 Å². The van der Waals surface area contributed by atoms with Crippen molar-refractivity contribution in [3.05, 3.63) is 29.8 Å². The van der Waals surface area contributed by atoms with Gasteiger partial charge in [-0.15, -0.1) is 0 Å². The molecule has 1 aromatic rings. The Balaban J connectivity index is 2.43. The maximum Gasteiger partial charge on any atom is 0.265 e. The van der Waals surface area contributed by atoms with Crippen LogP contribution < -0.4 is 5.32 Å². The molecular formula is C11H13F2NO3. The molecular weight excluding hydrogens is 232 g/mol. The van der Waals surface area contributed by atoms with Gasteiger partial charge in [0.1, 0.15) is 11.9 Å². The van der Waals surface area contributed by atoms with E-state index in [1.807, 2.05) is 0 Å². The highest BCUT2D eigenvalue weighted by atomic mass is 19.3. The summed E-state index contributed by atoms with van der Waals surface area (Å²) >= 11 is 0. The molecule has 6 heteroatoms. The summed E-state index contributed by atoms with van der Waals surface area (Å²) in [6.45, 7) is -0.510. The molecule has 0 aliphatic rings. The summed E-state index contributed by atoms with van der Waals surface area (Å²) in [5, 5.41) is 20.3. The fraction of sp³-hybridized carbons (Fsp3) is 0.364. The van der Waals surface area contributed by atoms with Gasteiger partial charge in [0.2, 0.25) is 5.91 Å². The zero-order valence-corrected chi connectivity index (χ0v) is 8.94. The molecule has 0 aliphatic carbocycles. The van der Waals surface area contributed by atoms with Crippen molar-refractivity contribution in [2.45, 2.75) is 19.0 Å². The molecule has 0 heterocycles. The fourth-order valence-electron chi connectivity index (χ4n) is 1.20. The number of nitrogens with one attached hydrogen (secondary N) is 1. The Bertz CT molecular complexity index is 385. The van der Waals surface area contributed by atoms with Gasteiger partial charge in [0, 0.05) is 12.1 Å². The highest BCUT2D eigenvalue weighted by molar-refractivity contribution is 5.79. The summed E-state index contributed by atoms with van der Waals surface area (Å²) in [5.41, 5.74) is 0.400. The SMILES string of the molecule is O=C(Cc1ccccc1O)NCC(O)C(F)F. The number of hydrogen-bond acceptors (Lipinski definition) is 3. The highest BCUT2D eigenvalue weighted by Gasteiger charge is 2.17. The molecule has 0 bridgehead atoms. The molecule has 17 heavy (non-hydrogen) atoms. The minimum absolute atomic E-state index is 0.0305. The molecule has 1 aromatic carbocycles. The molecule has 3 N–H and O–H groups in total. The van der Waals surface area contributed by atoms with Crippen LogP contribution >= 0.6 is 0 Å². The first-order chi connectivity index (χ1) is 8.00. The van der Waals surface area contributed by atoms with E-state index in [9.17, 15) is 18.7 Å². The van der Waals surface area contributed by atoms with Crippen molar-refractivity contribution in [2.24, 2.45) is 0 Å². The van der Waals surface area contributed by atoms with Gasteiger partial charge in [-0.05, 0) is 6.07 Å². The van der Waals surface area contributed by atoms with Crippen LogP contribution in [0.2, 0.25) is 0 Å². The van der Waals surface area contributed by atoms with E-state index in [0.29, 0.717) is 5.56 Å². The number of aliphatic hydroxyl groups is 1. The van der Waals surface area contributed by atoms with Gasteiger partial charge in [0.05, 0.1) is 6.42 Å². The van der Waals surface area contributed by atoms with Gasteiger partial charge in [-0.2, -0.15) is 0 Å². The number of rotatable bonds is 5. The fourth-order valence-corrected chi connectivity index (χ4v) is 1.20. The molecule has 0 saturated heterocycles. The van der Waals surface area contributed by atoms with Crippen LogP contribution in [-0.4, -0.2) is 35.2 Å². The molecule has 0 fully saturated rings. The van der Waals surface area contributed by atoms with Crippen LogP contribution in [0.15, 0.2) is 24.3 Å². The lowest BCUT2D eigenvalue weighted by molar-refractivity contribution is -0.121. The molecule has 1 unspecified atom stereocenters. The third-order valence-electron chi connectivity index (χ3n) is 2.14. The van der Waals surface area contributed by atoms with Crippen molar-refractivity contribution in [3.63, 3.8) is 0 Å². The number of phenolic OH excluding ortho intramolecular Hbond substituents is 1. The number of carbonyl (C=O) groups is 1. The number of phenols is 1. The number of para-hydroxylation sites is 1. The predicted octanol–water partition coefficient (Wildman–Crippen LogP) is 0.677. The van der Waals surface area contributed by atoms with Crippen molar-refractivity contribution in [1.82, 2.24) is 5.32 Å². The minimum atomic E-state index is -2.89. The van der Waals surface area contributed by atoms with Crippen molar-refractivity contribution >= 4 is 5.91 Å². The van der Waals surface area contributed by atoms with Crippen molar-refractivity contribution in [2.75, 3.05) is 6.54 Å². The number of carbonyl (C=O) groups excluding carboxylic acids is 1. The van der Waals surface area contributed by atoms with Gasteiger partial charge in [-0.25, -0.2) is 8.78 Å². The number of benzene rings is 1. The molecule has 94 valence electrons. The van der Waals surface area contributed by atoms with Gasteiger partial charge in [-0.1, -0.05) is 18.2 Å². The zero-order chi connectivity index (χ0) is 12.8. The van der Waals surface area contributed by atoms with Crippen LogP contribution in [0.1, 0.15) is 5.56 Å². The smallest absolute Gasteiger partial charge is 0.265 e. The summed E-state index contributed by atoms with van der Waals surface area (Å²) in [7, 11) is 0. The highest BCUT2D eigenvalue weighted by Crippen LogP contribution is 2.15. The Morgan fingerprint density at radius 3 is 2.59 bits per heavy atom. The molecule has 1 amide bonds. The first-order valence-electron chi connectivity index (χ1n) is 5.00. The maximum atomic E-state index is 11.9. The van der Waals surface area contributed by atoms with Crippen molar-refractivity contribution in [3.8, 4) is 5.75 Å². The molecule has 0 spiro atoms. The van der Waals surface area contributed by atoms with E-state index in [1.165, 1.54) is 6.07 Å². The summed E-state index contributed by atoms with van der Waals surface area (Å²) in [5.74, 6) is -0.566. The zero-order valence-electron chi connectivity index (χ0n) is 8.94. The van der Waals surface area contributed by atoms with Crippen LogP contribution in [0.25, 0.3) is 0 Å². The second-order valence-corrected chi connectivity index (χ2v) is 3.51. The summed E-state index contributed by atoms with van der Waals surface area (Å²) in [6.07, 6.45) is -4.88. The number of hydrogen-bond donors (Lipinski definition) is 3. The quantitative estimate of drug-likeness (QED) is 0.714. The van der Waals surface area contributed by atoms with Crippen LogP contribution in [0, 0.1) is 0 Å². The Hall–Kier alpha value is -1.69. The topological polar surface area (TPSA) is 69.6 Å². The second-order valence-electron chi connectivity index (χ2n) is 3.51. The lowest BCUT2D eigenvalue weighted by Gasteiger charge is -2.11. The van der Waals surface area contributed by atoms with Gasteiger partial charge < -0.3 is 15.5 Å². The Labute approximate surface area is 96.9 Å². The number of amides is 1. The molecule has 4 nitrogen and oxygen atoms in total. The van der Waals surface area contributed by atoms with Crippen LogP contribution in [0.3, 0.4) is 0 Å². The average Bonchev–Trinajstić information content (AvgIpc) is 2.29. The van der Waals surface area contributed by atoms with Gasteiger partial charge in [0.15, 0.2) is 0 Å². The normalized spacial score (nSPS) is 12.5. The number of alkyl halides is 2. The summed E-state index contributed by atoms with van der Waals surface area (Å²) in [6, 6.07) is 6.24. The summed E-state index contributed by atoms with van der Waals surface area (Å²) < 4.78 is 23.9. The third-order valence-corrected chi connectivity index (χ3v) is 2.14. The van der Waals surface area contributed by atoms with Crippen LogP contribution in [-0.2, 0) is 11.2 Å². The predicted molar refractivity (Wildman–Crippen MR) is 56.8 cm³/mol. The van der Waals surface area contributed by atoms with E-state index in [2.05, 4.69) is 5.32 Å². The van der Waals surface area contributed by atoms with Crippen molar-refractivity contribution in [1.29, 1.82) is 0 Å². The molecule has 1 rings (SSSR count). The first kappa shape index (κ1) is 13.4. The number of aliphatic hydroxyl groups excluding tert-OH is 1. The number of aromatic hydroxyl groups is 1.